The van der Waals surface area contributed by atoms with Crippen LogP contribution in [0.5, 0.6) is 0 Å². The third-order valence-corrected chi connectivity index (χ3v) is 4.70. The lowest BCUT2D eigenvalue weighted by Crippen LogP contribution is -2.43. The lowest BCUT2D eigenvalue weighted by atomic mass is 9.78. The van der Waals surface area contributed by atoms with Gasteiger partial charge in [0.2, 0.25) is 5.91 Å². The molecule has 3 heteroatoms. The molecule has 1 amide bonds. The molecule has 0 aromatic rings. The Morgan fingerprint density at radius 1 is 0.944 bits per heavy atom. The number of amides is 1. The summed E-state index contributed by atoms with van der Waals surface area (Å²) in [6.45, 7) is 2.64. The molecule has 18 heavy (non-hydrogen) atoms. The van der Waals surface area contributed by atoms with Gasteiger partial charge in [0.25, 0.3) is 0 Å². The normalized spacial score (nSPS) is 30.6. The molecule has 1 heterocycles. The number of hydrogen-bond acceptors (Lipinski definition) is 2. The molecule has 0 aromatic heterocycles. The van der Waals surface area contributed by atoms with E-state index in [0.717, 1.165) is 25.9 Å². The van der Waals surface area contributed by atoms with Gasteiger partial charge in [0.15, 0.2) is 0 Å². The summed E-state index contributed by atoms with van der Waals surface area (Å²) >= 11 is 0. The van der Waals surface area contributed by atoms with E-state index in [2.05, 4.69) is 4.90 Å². The topological polar surface area (TPSA) is 46.3 Å². The Labute approximate surface area is 111 Å². The van der Waals surface area contributed by atoms with Gasteiger partial charge in [-0.1, -0.05) is 32.1 Å². The van der Waals surface area contributed by atoms with Gasteiger partial charge in [-0.3, -0.25) is 4.79 Å². The minimum atomic E-state index is 0.225. The number of nitrogens with two attached hydrogens (primary N) is 1. The molecule has 2 atom stereocenters. The number of rotatable bonds is 2. The molecule has 1 saturated heterocycles. The standard InChI is InChI=1S/C15H28N2O/c16-12-13-8-4-5-9-14(13)15(18)17-10-6-2-1-3-7-11-17/h13-14H,1-12,16H2. The van der Waals surface area contributed by atoms with Crippen molar-refractivity contribution in [2.75, 3.05) is 19.6 Å². The van der Waals surface area contributed by atoms with Gasteiger partial charge in [-0.05, 0) is 38.1 Å². The van der Waals surface area contributed by atoms with Crippen LogP contribution >= 0.6 is 0 Å². The van der Waals surface area contributed by atoms with E-state index in [1.165, 1.54) is 44.9 Å². The highest BCUT2D eigenvalue weighted by Crippen LogP contribution is 2.31. The molecule has 1 aliphatic carbocycles. The van der Waals surface area contributed by atoms with Crippen LogP contribution in [0, 0.1) is 11.8 Å². The fourth-order valence-electron chi connectivity index (χ4n) is 3.52. The Morgan fingerprint density at radius 2 is 1.56 bits per heavy atom. The van der Waals surface area contributed by atoms with Gasteiger partial charge < -0.3 is 10.6 Å². The number of hydrogen-bond donors (Lipinski definition) is 1. The van der Waals surface area contributed by atoms with Crippen molar-refractivity contribution in [3.8, 4) is 0 Å². The summed E-state index contributed by atoms with van der Waals surface area (Å²) in [6.07, 6.45) is 11.0. The summed E-state index contributed by atoms with van der Waals surface area (Å²) in [4.78, 5) is 14.8. The van der Waals surface area contributed by atoms with Gasteiger partial charge in [-0.2, -0.15) is 0 Å². The van der Waals surface area contributed by atoms with E-state index in [-0.39, 0.29) is 5.92 Å². The van der Waals surface area contributed by atoms with E-state index >= 15 is 0 Å². The maximum atomic E-state index is 12.7. The molecule has 104 valence electrons. The largest absolute Gasteiger partial charge is 0.342 e. The second kappa shape index (κ2) is 7.13. The van der Waals surface area contributed by atoms with Crippen LogP contribution in [0.4, 0.5) is 0 Å². The number of carbonyl (C=O) groups excluding carboxylic acids is 1. The van der Waals surface area contributed by atoms with Crippen LogP contribution in [0.3, 0.4) is 0 Å². The Bertz CT molecular complexity index is 259. The SMILES string of the molecule is NCC1CCCCC1C(=O)N1CCCCCCC1. The fraction of sp³-hybridized carbons (Fsp3) is 0.933. The van der Waals surface area contributed by atoms with E-state index in [1.54, 1.807) is 0 Å². The minimum Gasteiger partial charge on any atom is -0.342 e. The van der Waals surface area contributed by atoms with Gasteiger partial charge in [0.05, 0.1) is 0 Å². The lowest BCUT2D eigenvalue weighted by Gasteiger charge is -2.35. The maximum absolute atomic E-state index is 12.7. The van der Waals surface area contributed by atoms with Crippen molar-refractivity contribution in [2.45, 2.75) is 57.8 Å². The van der Waals surface area contributed by atoms with Crippen LogP contribution < -0.4 is 5.73 Å². The maximum Gasteiger partial charge on any atom is 0.226 e. The quantitative estimate of drug-likeness (QED) is 0.821. The highest BCUT2D eigenvalue weighted by atomic mass is 16.2. The molecule has 0 bridgehead atoms. The number of nitrogens with zero attached hydrogens (tertiary/aromatic N) is 1. The fourth-order valence-corrected chi connectivity index (χ4v) is 3.52. The molecule has 1 aliphatic heterocycles. The molecule has 0 aromatic carbocycles. The predicted molar refractivity (Wildman–Crippen MR) is 74.2 cm³/mol. The summed E-state index contributed by atoms with van der Waals surface area (Å²) in [5.41, 5.74) is 5.85. The van der Waals surface area contributed by atoms with Crippen molar-refractivity contribution in [1.29, 1.82) is 0 Å². The molecule has 2 rings (SSSR count). The molecule has 0 spiro atoms. The van der Waals surface area contributed by atoms with Crippen molar-refractivity contribution in [3.63, 3.8) is 0 Å². The first-order valence-corrected chi connectivity index (χ1v) is 7.82. The van der Waals surface area contributed by atoms with Crippen LogP contribution in [0.1, 0.15) is 57.8 Å². The monoisotopic (exact) mass is 252 g/mol. The zero-order valence-corrected chi connectivity index (χ0v) is 11.6. The van der Waals surface area contributed by atoms with E-state index < -0.39 is 0 Å². The highest BCUT2D eigenvalue weighted by molar-refractivity contribution is 5.79. The van der Waals surface area contributed by atoms with E-state index in [0.29, 0.717) is 18.4 Å². The zero-order chi connectivity index (χ0) is 12.8. The molecular weight excluding hydrogens is 224 g/mol. The summed E-state index contributed by atoms with van der Waals surface area (Å²) in [5, 5.41) is 0. The minimum absolute atomic E-state index is 0.225. The smallest absolute Gasteiger partial charge is 0.226 e. The van der Waals surface area contributed by atoms with Crippen molar-refractivity contribution in [1.82, 2.24) is 4.90 Å². The number of carbonyl (C=O) groups is 1. The molecule has 2 fully saturated rings. The van der Waals surface area contributed by atoms with Crippen LogP contribution in [0.15, 0.2) is 0 Å². The third kappa shape index (κ3) is 3.47. The Balaban J connectivity index is 1.94. The molecule has 3 nitrogen and oxygen atoms in total. The van der Waals surface area contributed by atoms with Crippen LogP contribution in [-0.2, 0) is 4.79 Å². The van der Waals surface area contributed by atoms with Crippen molar-refractivity contribution in [2.24, 2.45) is 17.6 Å². The van der Waals surface area contributed by atoms with Gasteiger partial charge in [0, 0.05) is 19.0 Å². The van der Waals surface area contributed by atoms with Crippen LogP contribution in [0.2, 0.25) is 0 Å². The summed E-state index contributed by atoms with van der Waals surface area (Å²) in [6, 6.07) is 0. The van der Waals surface area contributed by atoms with Crippen LogP contribution in [0.25, 0.3) is 0 Å². The zero-order valence-electron chi connectivity index (χ0n) is 11.6. The van der Waals surface area contributed by atoms with Crippen LogP contribution in [-0.4, -0.2) is 30.4 Å². The average molecular weight is 252 g/mol. The Hall–Kier alpha value is -0.570. The second-order valence-electron chi connectivity index (χ2n) is 5.98. The molecule has 1 saturated carbocycles. The first kappa shape index (κ1) is 13.9. The van der Waals surface area contributed by atoms with Crippen molar-refractivity contribution >= 4 is 5.91 Å². The second-order valence-corrected chi connectivity index (χ2v) is 5.98. The molecule has 2 unspecified atom stereocenters. The molecule has 2 aliphatic rings. The van der Waals surface area contributed by atoms with Gasteiger partial charge in [0.1, 0.15) is 0 Å². The summed E-state index contributed by atoms with van der Waals surface area (Å²) in [7, 11) is 0. The van der Waals surface area contributed by atoms with E-state index in [9.17, 15) is 4.79 Å². The van der Waals surface area contributed by atoms with E-state index in [4.69, 9.17) is 5.73 Å². The Kier molecular flexibility index (Phi) is 5.48. The Morgan fingerprint density at radius 3 is 2.22 bits per heavy atom. The van der Waals surface area contributed by atoms with Gasteiger partial charge in [-0.25, -0.2) is 0 Å². The third-order valence-electron chi connectivity index (χ3n) is 4.70. The first-order valence-electron chi connectivity index (χ1n) is 7.82. The summed E-state index contributed by atoms with van der Waals surface area (Å²) < 4.78 is 0. The predicted octanol–water partition coefficient (Wildman–Crippen LogP) is 2.54. The summed E-state index contributed by atoms with van der Waals surface area (Å²) in [5.74, 6) is 1.08. The molecular formula is C15H28N2O. The average Bonchev–Trinajstić information content (AvgIpc) is 2.37. The molecule has 2 N–H and O–H groups in total. The molecule has 0 radical (unpaired) electrons. The van der Waals surface area contributed by atoms with Gasteiger partial charge >= 0.3 is 0 Å². The van der Waals surface area contributed by atoms with E-state index in [1.807, 2.05) is 0 Å². The number of likely N-dealkylation sites (tertiary alicyclic amines) is 1. The van der Waals surface area contributed by atoms with Gasteiger partial charge in [-0.15, -0.1) is 0 Å². The highest BCUT2D eigenvalue weighted by Gasteiger charge is 2.32. The van der Waals surface area contributed by atoms with Crippen molar-refractivity contribution in [3.05, 3.63) is 0 Å². The first-order chi connectivity index (χ1) is 8.83. The lowest BCUT2D eigenvalue weighted by molar-refractivity contribution is -0.138. The van der Waals surface area contributed by atoms with Crippen molar-refractivity contribution < 1.29 is 4.79 Å².